The molecule has 24 heavy (non-hydrogen) atoms. The van der Waals surface area contributed by atoms with Gasteiger partial charge in [0.2, 0.25) is 5.88 Å². The Labute approximate surface area is 145 Å². The molecule has 3 heterocycles. The fourth-order valence-corrected chi connectivity index (χ4v) is 2.87. The van der Waals surface area contributed by atoms with Gasteiger partial charge in [-0.05, 0) is 18.1 Å². The van der Waals surface area contributed by atoms with Gasteiger partial charge in [0.25, 0.3) is 0 Å². The van der Waals surface area contributed by atoms with Gasteiger partial charge in [-0.2, -0.15) is 5.26 Å². The molecule has 0 unspecified atom stereocenters. The summed E-state index contributed by atoms with van der Waals surface area (Å²) in [5, 5.41) is 17.1. The number of halogens is 1. The summed E-state index contributed by atoms with van der Waals surface area (Å²) >= 11 is 6.17. The van der Waals surface area contributed by atoms with Crippen molar-refractivity contribution in [3.8, 4) is 11.9 Å². The molecule has 0 aromatic carbocycles. The lowest BCUT2D eigenvalue weighted by atomic mass is 9.76. The van der Waals surface area contributed by atoms with Gasteiger partial charge in [-0.1, -0.05) is 11.6 Å². The van der Waals surface area contributed by atoms with Gasteiger partial charge in [0, 0.05) is 31.4 Å². The lowest BCUT2D eigenvalue weighted by molar-refractivity contribution is -0.0612. The van der Waals surface area contributed by atoms with Crippen LogP contribution in [-0.4, -0.2) is 39.6 Å². The SMILES string of the molecule is Cn1cnnc1CC1(c2cc(Cl)nc(OCCCC#N)c2)COC1. The molecule has 2 aromatic heterocycles. The van der Waals surface area contributed by atoms with Crippen molar-refractivity contribution in [3.05, 3.63) is 35.0 Å². The number of pyridine rings is 1. The summed E-state index contributed by atoms with van der Waals surface area (Å²) in [6.45, 7) is 1.62. The Hall–Kier alpha value is -2.17. The highest BCUT2D eigenvalue weighted by Crippen LogP contribution is 2.37. The molecule has 0 N–H and O–H groups in total. The van der Waals surface area contributed by atoms with Crippen LogP contribution >= 0.6 is 11.6 Å². The molecule has 126 valence electrons. The van der Waals surface area contributed by atoms with Crippen molar-refractivity contribution in [1.29, 1.82) is 5.26 Å². The van der Waals surface area contributed by atoms with Crippen molar-refractivity contribution in [1.82, 2.24) is 19.7 Å². The van der Waals surface area contributed by atoms with Crippen LogP contribution < -0.4 is 4.74 Å². The zero-order valence-corrected chi connectivity index (χ0v) is 14.2. The third-order valence-electron chi connectivity index (χ3n) is 4.12. The number of unbranched alkanes of at least 4 members (excludes halogenated alkanes) is 1. The molecular weight excluding hydrogens is 330 g/mol. The van der Waals surface area contributed by atoms with Gasteiger partial charge in [-0.25, -0.2) is 4.98 Å². The van der Waals surface area contributed by atoms with E-state index in [2.05, 4.69) is 21.3 Å². The summed E-state index contributed by atoms with van der Waals surface area (Å²) in [6.07, 6.45) is 3.51. The third kappa shape index (κ3) is 3.50. The van der Waals surface area contributed by atoms with Crippen LogP contribution in [0.5, 0.6) is 5.88 Å². The average molecular weight is 348 g/mol. The van der Waals surface area contributed by atoms with Gasteiger partial charge < -0.3 is 14.0 Å². The Morgan fingerprint density at radius 2 is 2.29 bits per heavy atom. The number of nitrogens with zero attached hydrogens (tertiary/aromatic N) is 5. The quantitative estimate of drug-likeness (QED) is 0.563. The molecule has 0 amide bonds. The van der Waals surface area contributed by atoms with Crippen LogP contribution in [0.15, 0.2) is 18.5 Å². The lowest BCUT2D eigenvalue weighted by Crippen LogP contribution is -2.49. The first-order valence-electron chi connectivity index (χ1n) is 7.71. The first-order valence-corrected chi connectivity index (χ1v) is 8.09. The van der Waals surface area contributed by atoms with E-state index in [0.29, 0.717) is 50.1 Å². The number of ether oxygens (including phenoxy) is 2. The second-order valence-corrected chi connectivity index (χ2v) is 6.32. The van der Waals surface area contributed by atoms with Gasteiger partial charge in [0.05, 0.1) is 25.9 Å². The Morgan fingerprint density at radius 1 is 1.46 bits per heavy atom. The van der Waals surface area contributed by atoms with Gasteiger partial charge in [0.15, 0.2) is 0 Å². The number of nitriles is 1. The van der Waals surface area contributed by atoms with Gasteiger partial charge in [-0.15, -0.1) is 10.2 Å². The van der Waals surface area contributed by atoms with Crippen molar-refractivity contribution in [2.45, 2.75) is 24.7 Å². The van der Waals surface area contributed by atoms with E-state index in [-0.39, 0.29) is 5.41 Å². The Kier molecular flexibility index (Phi) is 4.97. The fourth-order valence-electron chi connectivity index (χ4n) is 2.67. The van der Waals surface area contributed by atoms with Crippen LogP contribution in [0.3, 0.4) is 0 Å². The molecule has 0 spiro atoms. The maximum absolute atomic E-state index is 8.57. The standard InChI is InChI=1S/C16H18ClN5O2/c1-22-11-19-21-14(22)8-16(9-23-10-16)12-6-13(17)20-15(7-12)24-5-3-2-4-18/h6-7,11H,2-3,5,8-10H2,1H3. The zero-order chi connectivity index (χ0) is 17.0. The Bertz CT molecular complexity index is 751. The van der Waals surface area contributed by atoms with E-state index < -0.39 is 0 Å². The maximum atomic E-state index is 8.57. The van der Waals surface area contributed by atoms with Crippen molar-refractivity contribution >= 4 is 11.6 Å². The predicted octanol–water partition coefficient (Wildman–Crippen LogP) is 2.06. The molecule has 0 aliphatic carbocycles. The van der Waals surface area contributed by atoms with Gasteiger partial charge >= 0.3 is 0 Å². The number of aryl methyl sites for hydroxylation is 1. The van der Waals surface area contributed by atoms with Crippen LogP contribution in [-0.2, 0) is 23.6 Å². The van der Waals surface area contributed by atoms with E-state index in [1.54, 1.807) is 6.33 Å². The Balaban J connectivity index is 1.80. The molecule has 0 atom stereocenters. The lowest BCUT2D eigenvalue weighted by Gasteiger charge is -2.41. The first-order chi connectivity index (χ1) is 11.6. The van der Waals surface area contributed by atoms with E-state index in [4.69, 9.17) is 26.3 Å². The topological polar surface area (TPSA) is 85.9 Å². The second kappa shape index (κ2) is 7.16. The van der Waals surface area contributed by atoms with Crippen LogP contribution in [0.1, 0.15) is 24.2 Å². The van der Waals surface area contributed by atoms with Crippen molar-refractivity contribution < 1.29 is 9.47 Å². The minimum absolute atomic E-state index is 0.196. The first kappa shape index (κ1) is 16.7. The molecule has 8 heteroatoms. The van der Waals surface area contributed by atoms with Crippen molar-refractivity contribution in [2.24, 2.45) is 7.05 Å². The third-order valence-corrected chi connectivity index (χ3v) is 4.32. The minimum Gasteiger partial charge on any atom is -0.478 e. The van der Waals surface area contributed by atoms with Crippen molar-refractivity contribution in [2.75, 3.05) is 19.8 Å². The highest BCUT2D eigenvalue weighted by molar-refractivity contribution is 6.29. The molecule has 1 aliphatic heterocycles. The predicted molar refractivity (Wildman–Crippen MR) is 86.8 cm³/mol. The van der Waals surface area contributed by atoms with E-state index in [0.717, 1.165) is 11.4 Å². The molecule has 0 bridgehead atoms. The van der Waals surface area contributed by atoms with Crippen LogP contribution in [0, 0.1) is 11.3 Å². The van der Waals surface area contributed by atoms with E-state index in [1.165, 1.54) is 0 Å². The normalized spacial score (nSPS) is 15.5. The average Bonchev–Trinajstić information content (AvgIpc) is 2.92. The largest absolute Gasteiger partial charge is 0.478 e. The van der Waals surface area contributed by atoms with Crippen LogP contribution in [0.4, 0.5) is 0 Å². The van der Waals surface area contributed by atoms with Gasteiger partial charge in [0.1, 0.15) is 17.3 Å². The summed E-state index contributed by atoms with van der Waals surface area (Å²) in [7, 11) is 1.92. The molecule has 2 aromatic rings. The smallest absolute Gasteiger partial charge is 0.214 e. The summed E-state index contributed by atoms with van der Waals surface area (Å²) in [6, 6.07) is 5.84. The summed E-state index contributed by atoms with van der Waals surface area (Å²) < 4.78 is 13.0. The summed E-state index contributed by atoms with van der Waals surface area (Å²) in [5.41, 5.74) is 0.824. The Morgan fingerprint density at radius 3 is 2.92 bits per heavy atom. The monoisotopic (exact) mass is 347 g/mol. The number of hydrogen-bond donors (Lipinski definition) is 0. The molecule has 1 aliphatic rings. The minimum atomic E-state index is -0.196. The zero-order valence-electron chi connectivity index (χ0n) is 13.4. The van der Waals surface area contributed by atoms with Gasteiger partial charge in [-0.3, -0.25) is 0 Å². The molecule has 3 rings (SSSR count). The van der Waals surface area contributed by atoms with Crippen LogP contribution in [0.2, 0.25) is 5.15 Å². The number of hydrogen-bond acceptors (Lipinski definition) is 6. The van der Waals surface area contributed by atoms with E-state index >= 15 is 0 Å². The second-order valence-electron chi connectivity index (χ2n) is 5.93. The molecule has 0 saturated carbocycles. The highest BCUT2D eigenvalue weighted by Gasteiger charge is 2.42. The van der Waals surface area contributed by atoms with Crippen molar-refractivity contribution in [3.63, 3.8) is 0 Å². The summed E-state index contributed by atoms with van der Waals surface area (Å²) in [4.78, 5) is 4.20. The highest BCUT2D eigenvalue weighted by atomic mass is 35.5. The summed E-state index contributed by atoms with van der Waals surface area (Å²) in [5.74, 6) is 1.36. The maximum Gasteiger partial charge on any atom is 0.214 e. The van der Waals surface area contributed by atoms with E-state index in [1.807, 2.05) is 23.7 Å². The molecule has 7 nitrogen and oxygen atoms in total. The fraction of sp³-hybridized carbons (Fsp3) is 0.500. The molecule has 1 saturated heterocycles. The molecule has 0 radical (unpaired) electrons. The molecular formula is C16H18ClN5O2. The van der Waals surface area contributed by atoms with Crippen LogP contribution in [0.25, 0.3) is 0 Å². The number of aromatic nitrogens is 4. The van der Waals surface area contributed by atoms with E-state index in [9.17, 15) is 0 Å². The molecule has 1 fully saturated rings. The number of rotatable bonds is 7.